The molecule has 0 radical (unpaired) electrons. The Bertz CT molecular complexity index is 844. The highest BCUT2D eigenvalue weighted by Crippen LogP contribution is 2.12. The third-order valence-corrected chi connectivity index (χ3v) is 4.97. The fourth-order valence-corrected chi connectivity index (χ4v) is 3.00. The van der Waals surface area contributed by atoms with Crippen LogP contribution in [0.25, 0.3) is 0 Å². The van der Waals surface area contributed by atoms with Gasteiger partial charge in [-0.1, -0.05) is 26.0 Å². The molecule has 1 aromatic rings. The molecular formula is C22H34N4O8. The monoisotopic (exact) mass is 482 g/mol. The predicted octanol–water partition coefficient (Wildman–Crippen LogP) is -1.78. The lowest BCUT2D eigenvalue weighted by Gasteiger charge is -2.26. The van der Waals surface area contributed by atoms with Crippen molar-refractivity contribution in [1.29, 1.82) is 0 Å². The summed E-state index contributed by atoms with van der Waals surface area (Å²) >= 11 is 0. The number of aromatic hydroxyl groups is 1. The van der Waals surface area contributed by atoms with Crippen LogP contribution < -0.4 is 21.7 Å². The molecular weight excluding hydrogens is 448 g/mol. The quantitative estimate of drug-likeness (QED) is 0.159. The summed E-state index contributed by atoms with van der Waals surface area (Å²) in [7, 11) is 0. The molecule has 0 bridgehead atoms. The standard InChI is InChI=1S/C22H34N4O8/c1-11(2)8-15(19(30)26-17(10-27)22(33)34)24-20(31)16(25-21(32)18(23)12(3)28)9-13-4-6-14(29)7-5-13/h4-7,11-12,15-18,27-29H,8-10,23H2,1-3H3,(H,24,31)(H,25,32)(H,26,30)(H,33,34). The highest BCUT2D eigenvalue weighted by atomic mass is 16.4. The van der Waals surface area contributed by atoms with E-state index >= 15 is 0 Å². The Morgan fingerprint density at radius 1 is 0.882 bits per heavy atom. The third-order valence-electron chi connectivity index (χ3n) is 4.97. The van der Waals surface area contributed by atoms with Crippen molar-refractivity contribution < 1.29 is 39.6 Å². The molecule has 9 N–H and O–H groups in total. The van der Waals surface area contributed by atoms with Gasteiger partial charge in [0.25, 0.3) is 0 Å². The largest absolute Gasteiger partial charge is 0.508 e. The molecule has 0 heterocycles. The number of aliphatic hydroxyl groups is 2. The Hall–Kier alpha value is -3.22. The number of benzene rings is 1. The second-order valence-corrected chi connectivity index (χ2v) is 8.47. The van der Waals surface area contributed by atoms with Crippen LogP contribution in [-0.2, 0) is 25.6 Å². The molecule has 0 aliphatic heterocycles. The molecule has 5 atom stereocenters. The van der Waals surface area contributed by atoms with Gasteiger partial charge < -0.3 is 42.1 Å². The van der Waals surface area contributed by atoms with E-state index in [1.807, 2.05) is 0 Å². The van der Waals surface area contributed by atoms with Crippen LogP contribution in [0, 0.1) is 5.92 Å². The molecule has 0 aromatic heterocycles. The number of carbonyl (C=O) groups is 4. The van der Waals surface area contributed by atoms with Crippen LogP contribution >= 0.6 is 0 Å². The first-order valence-corrected chi connectivity index (χ1v) is 10.8. The van der Waals surface area contributed by atoms with E-state index in [0.29, 0.717) is 5.56 Å². The zero-order valence-corrected chi connectivity index (χ0v) is 19.4. The summed E-state index contributed by atoms with van der Waals surface area (Å²) < 4.78 is 0. The molecule has 0 saturated carbocycles. The van der Waals surface area contributed by atoms with Crippen LogP contribution in [0.3, 0.4) is 0 Å². The first-order chi connectivity index (χ1) is 15.8. The molecule has 0 fully saturated rings. The Morgan fingerprint density at radius 2 is 1.38 bits per heavy atom. The van der Waals surface area contributed by atoms with Crippen LogP contribution in [0.15, 0.2) is 24.3 Å². The Balaban J connectivity index is 3.12. The van der Waals surface area contributed by atoms with Crippen LogP contribution in [-0.4, -0.2) is 81.0 Å². The van der Waals surface area contributed by atoms with Crippen molar-refractivity contribution in [2.75, 3.05) is 6.61 Å². The van der Waals surface area contributed by atoms with E-state index in [-0.39, 0.29) is 24.5 Å². The maximum atomic E-state index is 13.1. The molecule has 5 unspecified atom stereocenters. The summed E-state index contributed by atoms with van der Waals surface area (Å²) in [5.74, 6) is -3.83. The Kier molecular flexibility index (Phi) is 11.4. The number of amides is 3. The highest BCUT2D eigenvalue weighted by Gasteiger charge is 2.31. The van der Waals surface area contributed by atoms with Crippen LogP contribution in [0.4, 0.5) is 0 Å². The number of nitrogens with one attached hydrogen (secondary N) is 3. The van der Waals surface area contributed by atoms with Crippen LogP contribution in [0.5, 0.6) is 5.75 Å². The Morgan fingerprint density at radius 3 is 1.85 bits per heavy atom. The van der Waals surface area contributed by atoms with Crippen molar-refractivity contribution in [1.82, 2.24) is 16.0 Å². The number of carboxylic acid groups (broad SMARTS) is 1. The number of hydrogen-bond donors (Lipinski definition) is 8. The second-order valence-electron chi connectivity index (χ2n) is 8.47. The summed E-state index contributed by atoms with van der Waals surface area (Å²) in [6.07, 6.45) is -1.04. The van der Waals surface area contributed by atoms with Gasteiger partial charge in [0.2, 0.25) is 17.7 Å². The minimum atomic E-state index is -1.55. The number of phenols is 1. The van der Waals surface area contributed by atoms with Gasteiger partial charge in [0, 0.05) is 6.42 Å². The molecule has 190 valence electrons. The zero-order valence-electron chi connectivity index (χ0n) is 19.4. The van der Waals surface area contributed by atoms with Gasteiger partial charge in [-0.15, -0.1) is 0 Å². The first kappa shape index (κ1) is 28.8. The van der Waals surface area contributed by atoms with Gasteiger partial charge in [-0.05, 0) is 37.0 Å². The normalized spacial score (nSPS) is 15.5. The van der Waals surface area contributed by atoms with Gasteiger partial charge in [0.05, 0.1) is 12.7 Å². The van der Waals surface area contributed by atoms with Crippen LogP contribution in [0.2, 0.25) is 0 Å². The summed E-state index contributed by atoms with van der Waals surface area (Å²) in [5.41, 5.74) is 6.25. The van der Waals surface area contributed by atoms with Crippen molar-refractivity contribution in [3.05, 3.63) is 29.8 Å². The lowest BCUT2D eigenvalue weighted by molar-refractivity contribution is -0.143. The number of hydrogen-bond acceptors (Lipinski definition) is 8. The topological polar surface area (TPSA) is 211 Å². The number of carboxylic acids is 1. The minimum Gasteiger partial charge on any atom is -0.508 e. The lowest BCUT2D eigenvalue weighted by atomic mass is 10.0. The molecule has 0 saturated heterocycles. The van der Waals surface area contributed by atoms with E-state index in [9.17, 15) is 34.5 Å². The zero-order chi connectivity index (χ0) is 26.0. The number of phenolic OH excluding ortho intramolecular Hbond substituents is 1. The van der Waals surface area contributed by atoms with Crippen molar-refractivity contribution >= 4 is 23.7 Å². The molecule has 1 aromatic carbocycles. The molecule has 12 nitrogen and oxygen atoms in total. The maximum absolute atomic E-state index is 13.1. The van der Waals surface area contributed by atoms with E-state index in [1.165, 1.54) is 19.1 Å². The number of carbonyl (C=O) groups excluding carboxylic acids is 3. The van der Waals surface area contributed by atoms with Crippen LogP contribution in [0.1, 0.15) is 32.8 Å². The van der Waals surface area contributed by atoms with E-state index in [2.05, 4.69) is 16.0 Å². The van der Waals surface area contributed by atoms with Gasteiger partial charge in [0.15, 0.2) is 0 Å². The fraction of sp³-hybridized carbons (Fsp3) is 0.545. The minimum absolute atomic E-state index is 0.00968. The van der Waals surface area contributed by atoms with E-state index in [1.54, 1.807) is 26.0 Å². The Labute approximate surface area is 197 Å². The molecule has 0 aliphatic rings. The molecule has 1 rings (SSSR count). The van der Waals surface area contributed by atoms with Gasteiger partial charge in [-0.2, -0.15) is 0 Å². The molecule has 0 aliphatic carbocycles. The highest BCUT2D eigenvalue weighted by molar-refractivity contribution is 5.94. The maximum Gasteiger partial charge on any atom is 0.328 e. The van der Waals surface area contributed by atoms with Gasteiger partial charge >= 0.3 is 5.97 Å². The third kappa shape index (κ3) is 9.33. The molecule has 34 heavy (non-hydrogen) atoms. The summed E-state index contributed by atoms with van der Waals surface area (Å²) in [6, 6.07) is 0.720. The predicted molar refractivity (Wildman–Crippen MR) is 121 cm³/mol. The van der Waals surface area contributed by atoms with Crippen molar-refractivity contribution in [2.24, 2.45) is 11.7 Å². The smallest absolute Gasteiger partial charge is 0.328 e. The SMILES string of the molecule is CC(C)CC(NC(=O)C(Cc1ccc(O)cc1)NC(=O)C(N)C(C)O)C(=O)NC(CO)C(=O)O. The van der Waals surface area contributed by atoms with Crippen molar-refractivity contribution in [3.63, 3.8) is 0 Å². The first-order valence-electron chi connectivity index (χ1n) is 10.8. The number of rotatable bonds is 13. The number of aliphatic hydroxyl groups excluding tert-OH is 2. The van der Waals surface area contributed by atoms with E-state index in [0.717, 1.165) is 0 Å². The number of aliphatic carboxylic acids is 1. The van der Waals surface area contributed by atoms with Crippen molar-refractivity contribution in [2.45, 2.75) is 63.9 Å². The fourth-order valence-electron chi connectivity index (χ4n) is 3.00. The summed E-state index contributed by atoms with van der Waals surface area (Å²) in [5, 5.41) is 44.5. The molecule has 12 heteroatoms. The summed E-state index contributed by atoms with van der Waals surface area (Å²) in [6.45, 7) is 4.08. The lowest BCUT2D eigenvalue weighted by Crippen LogP contribution is -2.59. The molecule has 0 spiro atoms. The van der Waals surface area contributed by atoms with Gasteiger partial charge in [-0.25, -0.2) is 4.79 Å². The van der Waals surface area contributed by atoms with Gasteiger partial charge in [-0.3, -0.25) is 14.4 Å². The van der Waals surface area contributed by atoms with E-state index in [4.69, 9.17) is 10.8 Å². The summed E-state index contributed by atoms with van der Waals surface area (Å²) in [4.78, 5) is 49.3. The molecule has 3 amide bonds. The second kappa shape index (κ2) is 13.5. The van der Waals surface area contributed by atoms with Gasteiger partial charge in [0.1, 0.15) is 29.9 Å². The number of nitrogens with two attached hydrogens (primary N) is 1. The average molecular weight is 483 g/mol. The van der Waals surface area contributed by atoms with Crippen molar-refractivity contribution in [3.8, 4) is 5.75 Å². The van der Waals surface area contributed by atoms with E-state index < -0.39 is 60.6 Å². The average Bonchev–Trinajstić information content (AvgIpc) is 2.76.